The van der Waals surface area contributed by atoms with Gasteiger partial charge in [0.1, 0.15) is 12.6 Å². The third-order valence-corrected chi connectivity index (χ3v) is 7.41. The maximum absolute atomic E-state index is 13.5. The topological polar surface area (TPSA) is 67.9 Å². The van der Waals surface area contributed by atoms with Gasteiger partial charge in [-0.3, -0.25) is 9.59 Å². The summed E-state index contributed by atoms with van der Waals surface area (Å²) < 4.78 is 11.8. The molecular formula is C26H35ClN2O4. The maximum atomic E-state index is 13.5. The molecule has 1 aliphatic carbocycles. The van der Waals surface area contributed by atoms with Crippen molar-refractivity contribution in [1.29, 1.82) is 0 Å². The Bertz CT molecular complexity index is 887. The zero-order valence-electron chi connectivity index (χ0n) is 19.8. The minimum absolute atomic E-state index is 0.0326. The largest absolute Gasteiger partial charge is 0.482 e. The van der Waals surface area contributed by atoms with Gasteiger partial charge in [0.05, 0.1) is 12.1 Å². The van der Waals surface area contributed by atoms with Crippen molar-refractivity contribution in [2.24, 2.45) is 11.3 Å². The Morgan fingerprint density at radius 3 is 2.64 bits per heavy atom. The van der Waals surface area contributed by atoms with Gasteiger partial charge in [0.25, 0.3) is 5.91 Å². The van der Waals surface area contributed by atoms with E-state index in [1.54, 1.807) is 23.1 Å². The number of nitrogens with one attached hydrogen (secondary N) is 1. The summed E-state index contributed by atoms with van der Waals surface area (Å²) in [6.45, 7) is 8.00. The lowest BCUT2D eigenvalue weighted by atomic mass is 9.69. The average Bonchev–Trinajstić information content (AvgIpc) is 3.29. The average molecular weight is 475 g/mol. The summed E-state index contributed by atoms with van der Waals surface area (Å²) >= 11 is 6.00. The molecule has 180 valence electrons. The van der Waals surface area contributed by atoms with Crippen molar-refractivity contribution in [3.05, 3.63) is 40.6 Å². The summed E-state index contributed by atoms with van der Waals surface area (Å²) in [7, 11) is 0. The van der Waals surface area contributed by atoms with E-state index in [4.69, 9.17) is 21.1 Å². The van der Waals surface area contributed by atoms with Gasteiger partial charge in [-0.05, 0) is 67.2 Å². The summed E-state index contributed by atoms with van der Waals surface area (Å²) in [5.41, 5.74) is 0.980. The molecule has 2 aliphatic heterocycles. The second kappa shape index (κ2) is 10.1. The van der Waals surface area contributed by atoms with E-state index in [0.29, 0.717) is 23.2 Å². The summed E-state index contributed by atoms with van der Waals surface area (Å²) in [6.07, 6.45) is 6.46. The fourth-order valence-corrected chi connectivity index (χ4v) is 5.24. The molecule has 2 saturated heterocycles. The molecule has 2 amide bonds. The van der Waals surface area contributed by atoms with Crippen LogP contribution in [-0.2, 0) is 19.1 Å². The molecule has 33 heavy (non-hydrogen) atoms. The normalized spacial score (nSPS) is 29.0. The van der Waals surface area contributed by atoms with Gasteiger partial charge >= 0.3 is 0 Å². The van der Waals surface area contributed by atoms with Crippen molar-refractivity contribution in [2.75, 3.05) is 19.7 Å². The second-order valence-corrected chi connectivity index (χ2v) is 11.0. The first-order chi connectivity index (χ1) is 15.7. The summed E-state index contributed by atoms with van der Waals surface area (Å²) in [5, 5.41) is 3.60. The Hall–Kier alpha value is -2.05. The quantitative estimate of drug-likeness (QED) is 0.641. The van der Waals surface area contributed by atoms with Crippen molar-refractivity contribution >= 4 is 29.5 Å². The molecule has 2 heterocycles. The molecule has 4 rings (SSSR count). The van der Waals surface area contributed by atoms with E-state index in [-0.39, 0.29) is 42.0 Å². The number of benzene rings is 1. The Morgan fingerprint density at radius 1 is 1.21 bits per heavy atom. The van der Waals surface area contributed by atoms with Gasteiger partial charge in [0.2, 0.25) is 5.91 Å². The van der Waals surface area contributed by atoms with Gasteiger partial charge in [0, 0.05) is 18.2 Å². The third-order valence-electron chi connectivity index (χ3n) is 7.16. The Labute approximate surface area is 201 Å². The molecule has 1 N–H and O–H groups in total. The smallest absolute Gasteiger partial charge is 0.289 e. The SMILES string of the molecule is CC(C)(C)C1CCC2O/C(=C/c3ccc(Cl)cc3)C(=O)N(CC(=O)NCC3CCCO3)C2C1. The molecule has 4 atom stereocenters. The Morgan fingerprint density at radius 2 is 1.97 bits per heavy atom. The molecule has 4 unspecified atom stereocenters. The molecule has 1 saturated carbocycles. The standard InChI is InChI=1S/C26H35ClN2O4/c1-26(2,3)18-8-11-22-21(14-18)29(16-24(30)28-15-20-5-4-12-32-20)25(31)23(33-22)13-17-6-9-19(27)10-7-17/h6-7,9-10,13,18,20-22H,4-5,8,11-12,14-16H2,1-3H3,(H,28,30)/b23-13+. The fourth-order valence-electron chi connectivity index (χ4n) is 5.12. The van der Waals surface area contributed by atoms with Crippen LogP contribution in [0.1, 0.15) is 58.4 Å². The van der Waals surface area contributed by atoms with Crippen LogP contribution in [0.25, 0.3) is 6.08 Å². The summed E-state index contributed by atoms with van der Waals surface area (Å²) in [4.78, 5) is 28.1. The van der Waals surface area contributed by atoms with Crippen molar-refractivity contribution in [3.8, 4) is 0 Å². The molecule has 0 spiro atoms. The Balaban J connectivity index is 1.53. The highest BCUT2D eigenvalue weighted by atomic mass is 35.5. The molecule has 0 aromatic heterocycles. The molecule has 1 aromatic rings. The van der Waals surface area contributed by atoms with Crippen LogP contribution < -0.4 is 5.32 Å². The first-order valence-corrected chi connectivity index (χ1v) is 12.4. The van der Waals surface area contributed by atoms with Crippen LogP contribution in [-0.4, -0.2) is 54.7 Å². The minimum atomic E-state index is -0.229. The molecule has 0 radical (unpaired) electrons. The van der Waals surface area contributed by atoms with Crippen LogP contribution >= 0.6 is 11.6 Å². The molecule has 3 aliphatic rings. The number of hydrogen-bond donors (Lipinski definition) is 1. The first-order valence-electron chi connectivity index (χ1n) is 12.0. The van der Waals surface area contributed by atoms with Crippen molar-refractivity contribution in [1.82, 2.24) is 10.2 Å². The van der Waals surface area contributed by atoms with E-state index in [9.17, 15) is 9.59 Å². The first kappa shape index (κ1) is 24.1. The highest BCUT2D eigenvalue weighted by Gasteiger charge is 2.46. The molecule has 3 fully saturated rings. The molecular weight excluding hydrogens is 440 g/mol. The number of nitrogens with zero attached hydrogens (tertiary/aromatic N) is 1. The number of fused-ring (bicyclic) bond motifs is 1. The van der Waals surface area contributed by atoms with Crippen LogP contribution in [0.4, 0.5) is 0 Å². The molecule has 0 bridgehead atoms. The zero-order chi connectivity index (χ0) is 23.6. The number of carbonyl (C=O) groups excluding carboxylic acids is 2. The minimum Gasteiger partial charge on any atom is -0.482 e. The fraction of sp³-hybridized carbons (Fsp3) is 0.615. The van der Waals surface area contributed by atoms with Gasteiger partial charge in [-0.15, -0.1) is 0 Å². The van der Waals surface area contributed by atoms with E-state index in [0.717, 1.165) is 44.3 Å². The van der Waals surface area contributed by atoms with E-state index < -0.39 is 0 Å². The number of morpholine rings is 1. The lowest BCUT2D eigenvalue weighted by molar-refractivity contribution is -0.154. The molecule has 6 nitrogen and oxygen atoms in total. The van der Waals surface area contributed by atoms with E-state index in [2.05, 4.69) is 26.1 Å². The van der Waals surface area contributed by atoms with Crippen LogP contribution in [0.2, 0.25) is 5.02 Å². The van der Waals surface area contributed by atoms with Crippen LogP contribution in [0.3, 0.4) is 0 Å². The molecule has 7 heteroatoms. The maximum Gasteiger partial charge on any atom is 0.289 e. The van der Waals surface area contributed by atoms with Crippen molar-refractivity contribution in [3.63, 3.8) is 0 Å². The van der Waals surface area contributed by atoms with E-state index in [1.165, 1.54) is 0 Å². The van der Waals surface area contributed by atoms with Gasteiger partial charge in [-0.2, -0.15) is 0 Å². The highest BCUT2D eigenvalue weighted by Crippen LogP contribution is 2.42. The predicted molar refractivity (Wildman–Crippen MR) is 129 cm³/mol. The van der Waals surface area contributed by atoms with Crippen molar-refractivity contribution in [2.45, 2.75) is 71.1 Å². The highest BCUT2D eigenvalue weighted by molar-refractivity contribution is 6.30. The second-order valence-electron chi connectivity index (χ2n) is 10.5. The van der Waals surface area contributed by atoms with Gasteiger partial charge < -0.3 is 19.7 Å². The van der Waals surface area contributed by atoms with Crippen molar-refractivity contribution < 1.29 is 19.1 Å². The number of halogens is 1. The van der Waals surface area contributed by atoms with E-state index in [1.807, 2.05) is 12.1 Å². The van der Waals surface area contributed by atoms with Crippen LogP contribution in [0, 0.1) is 11.3 Å². The molecule has 1 aromatic carbocycles. The van der Waals surface area contributed by atoms with Gasteiger partial charge in [-0.25, -0.2) is 0 Å². The predicted octanol–water partition coefficient (Wildman–Crippen LogP) is 4.42. The lowest BCUT2D eigenvalue weighted by Gasteiger charge is -2.48. The summed E-state index contributed by atoms with van der Waals surface area (Å²) in [5.74, 6) is 0.380. The monoisotopic (exact) mass is 474 g/mol. The number of carbonyl (C=O) groups is 2. The number of amides is 2. The lowest BCUT2D eigenvalue weighted by Crippen LogP contribution is -2.59. The number of hydrogen-bond acceptors (Lipinski definition) is 4. The third kappa shape index (κ3) is 5.90. The van der Waals surface area contributed by atoms with Crippen LogP contribution in [0.5, 0.6) is 0 Å². The Kier molecular flexibility index (Phi) is 7.34. The zero-order valence-corrected chi connectivity index (χ0v) is 20.6. The number of ether oxygens (including phenoxy) is 2. The summed E-state index contributed by atoms with van der Waals surface area (Å²) in [6, 6.07) is 7.18. The number of rotatable bonds is 5. The van der Waals surface area contributed by atoms with Crippen LogP contribution in [0.15, 0.2) is 30.0 Å². The van der Waals surface area contributed by atoms with E-state index >= 15 is 0 Å². The van der Waals surface area contributed by atoms with Gasteiger partial charge in [0.15, 0.2) is 5.76 Å². The van der Waals surface area contributed by atoms with Gasteiger partial charge in [-0.1, -0.05) is 44.5 Å².